The highest BCUT2D eigenvalue weighted by atomic mass is 31.2. The fourth-order valence-corrected chi connectivity index (χ4v) is 6.52. The van der Waals surface area contributed by atoms with E-state index in [-0.39, 0.29) is 29.5 Å². The number of benzene rings is 2. The van der Waals surface area contributed by atoms with Gasteiger partial charge >= 0.3 is 19.7 Å². The summed E-state index contributed by atoms with van der Waals surface area (Å²) < 4.78 is 60.2. The third kappa shape index (κ3) is 6.22. The second kappa shape index (κ2) is 12.4. The smallest absolute Gasteiger partial charge is 0.459 e. The van der Waals surface area contributed by atoms with Gasteiger partial charge in [0.25, 0.3) is 0 Å². The Kier molecular flexibility index (Phi) is 8.84. The van der Waals surface area contributed by atoms with Gasteiger partial charge in [0.05, 0.1) is 25.1 Å². The first-order chi connectivity index (χ1) is 20.9. The van der Waals surface area contributed by atoms with Crippen molar-refractivity contribution in [3.63, 3.8) is 0 Å². The average molecular weight is 631 g/mol. The highest BCUT2D eigenvalue weighted by Crippen LogP contribution is 2.50. The number of ether oxygens (including phenoxy) is 3. The average Bonchev–Trinajstić information content (AvgIpc) is 3.51. The zero-order valence-corrected chi connectivity index (χ0v) is 25.3. The van der Waals surface area contributed by atoms with Gasteiger partial charge in [-0.05, 0) is 32.2 Å². The molecule has 1 aliphatic heterocycles. The molecule has 1 fully saturated rings. The fraction of sp³-hybridized carbons (Fsp3) is 0.393. The molecular weight excluding hydrogens is 598 g/mol. The molecule has 14 nitrogen and oxygen atoms in total. The lowest BCUT2D eigenvalue weighted by Crippen LogP contribution is -2.43. The number of nitrogens with one attached hydrogen (secondary N) is 1. The van der Waals surface area contributed by atoms with Gasteiger partial charge in [-0.25, -0.2) is 23.4 Å². The van der Waals surface area contributed by atoms with Gasteiger partial charge in [0.1, 0.15) is 30.3 Å². The van der Waals surface area contributed by atoms with E-state index in [1.165, 1.54) is 30.9 Å². The molecule has 0 saturated carbocycles. The number of alkyl halides is 1. The third-order valence-corrected chi connectivity index (χ3v) is 8.63. The minimum Gasteiger partial charge on any atom is -0.465 e. The number of nitrogens with two attached hydrogens (primary N) is 1. The van der Waals surface area contributed by atoms with E-state index < -0.39 is 56.3 Å². The number of aromatic nitrogens is 4. The van der Waals surface area contributed by atoms with E-state index in [2.05, 4.69) is 20.2 Å². The number of anilines is 1. The van der Waals surface area contributed by atoms with Crippen LogP contribution in [0.1, 0.15) is 39.5 Å². The summed E-state index contributed by atoms with van der Waals surface area (Å²) in [5.41, 5.74) is 3.90. The lowest BCUT2D eigenvalue weighted by molar-refractivity contribution is -0.155. The van der Waals surface area contributed by atoms with Crippen LogP contribution in [0, 0.1) is 0 Å². The first-order valence-corrected chi connectivity index (χ1v) is 15.3. The molecule has 6 atom stereocenters. The van der Waals surface area contributed by atoms with Gasteiger partial charge in [-0.2, -0.15) is 10.2 Å². The van der Waals surface area contributed by atoms with Crippen molar-refractivity contribution in [3.8, 4) is 5.75 Å². The number of carbonyl (C=O) groups is 2. The van der Waals surface area contributed by atoms with E-state index in [0.29, 0.717) is 5.39 Å². The zero-order chi connectivity index (χ0) is 31.6. The van der Waals surface area contributed by atoms with Crippen LogP contribution < -0.4 is 15.3 Å². The summed E-state index contributed by atoms with van der Waals surface area (Å²) in [6, 6.07) is 11.3. The van der Waals surface area contributed by atoms with E-state index in [4.69, 9.17) is 29.0 Å². The molecule has 6 unspecified atom stereocenters. The Labute approximate surface area is 251 Å². The molecular formula is C28H32FN6O8P. The molecule has 3 heterocycles. The minimum atomic E-state index is -4.41. The fourth-order valence-electron chi connectivity index (χ4n) is 5.00. The molecule has 0 spiro atoms. The summed E-state index contributed by atoms with van der Waals surface area (Å²) in [5.74, 6) is -1.20. The van der Waals surface area contributed by atoms with Crippen LogP contribution in [-0.2, 0) is 32.9 Å². The molecule has 4 aromatic rings. The van der Waals surface area contributed by atoms with Crippen LogP contribution in [0.5, 0.6) is 5.75 Å². The number of fused-ring (bicyclic) bond motifs is 2. The van der Waals surface area contributed by atoms with Gasteiger partial charge in [-0.1, -0.05) is 36.4 Å². The van der Waals surface area contributed by atoms with Crippen LogP contribution >= 0.6 is 7.75 Å². The molecule has 16 heteroatoms. The van der Waals surface area contributed by atoms with E-state index in [9.17, 15) is 14.2 Å². The van der Waals surface area contributed by atoms with E-state index >= 15 is 4.39 Å². The van der Waals surface area contributed by atoms with Crippen molar-refractivity contribution in [1.29, 1.82) is 0 Å². The molecule has 0 radical (unpaired) electrons. The summed E-state index contributed by atoms with van der Waals surface area (Å²) in [5, 5.41) is 8.13. The van der Waals surface area contributed by atoms with Crippen LogP contribution in [-0.4, -0.2) is 68.7 Å². The molecule has 0 bridgehead atoms. The number of imidazole rings is 1. The maximum atomic E-state index is 16.5. The van der Waals surface area contributed by atoms with Crippen molar-refractivity contribution < 1.29 is 41.8 Å². The van der Waals surface area contributed by atoms with Crippen molar-refractivity contribution >= 4 is 41.9 Å². The highest BCUT2D eigenvalue weighted by molar-refractivity contribution is 7.52. The number of nitrogen functional groups attached to an aromatic ring is 1. The van der Waals surface area contributed by atoms with Crippen molar-refractivity contribution in [3.05, 3.63) is 60.7 Å². The van der Waals surface area contributed by atoms with Crippen LogP contribution in [0.3, 0.4) is 0 Å². The molecule has 1 aliphatic rings. The Morgan fingerprint density at radius 3 is 2.73 bits per heavy atom. The van der Waals surface area contributed by atoms with Crippen molar-refractivity contribution in [1.82, 2.24) is 24.7 Å². The summed E-state index contributed by atoms with van der Waals surface area (Å²) >= 11 is 0. The molecule has 1 saturated heterocycles. The highest BCUT2D eigenvalue weighted by Gasteiger charge is 2.59. The molecule has 3 N–H and O–H groups in total. The van der Waals surface area contributed by atoms with Gasteiger partial charge in [0.2, 0.25) is 0 Å². The molecule has 2 aromatic carbocycles. The number of hydrogen-bond donors (Lipinski definition) is 2. The van der Waals surface area contributed by atoms with Crippen LogP contribution in [0.25, 0.3) is 16.4 Å². The SMILES string of the molecule is CCOC(=O)C(C)NP(=O)(OCC1OC(c2cnc3c(N)ncnn23)C(C)(F)C1OC(C)=O)Oc1cccc2ccccc12. The first kappa shape index (κ1) is 31.3. The maximum Gasteiger partial charge on any atom is 0.459 e. The normalized spacial score (nSPS) is 23.7. The minimum absolute atomic E-state index is 0.0644. The van der Waals surface area contributed by atoms with Gasteiger partial charge in [-0.15, -0.1) is 0 Å². The summed E-state index contributed by atoms with van der Waals surface area (Å²) in [4.78, 5) is 32.5. The summed E-state index contributed by atoms with van der Waals surface area (Å²) in [6.07, 6.45) is -1.65. The third-order valence-electron chi connectivity index (χ3n) is 7.01. The summed E-state index contributed by atoms with van der Waals surface area (Å²) in [6.45, 7) is 4.90. The largest absolute Gasteiger partial charge is 0.465 e. The topological polar surface area (TPSA) is 178 Å². The Hall–Kier alpha value is -4.17. The molecule has 2 aromatic heterocycles. The number of hydrogen-bond acceptors (Lipinski definition) is 12. The van der Waals surface area contributed by atoms with Crippen molar-refractivity contribution in [2.45, 2.75) is 57.7 Å². The molecule has 5 rings (SSSR count). The standard InChI is InChI=1S/C28H32FN6O8P/c1-5-39-27(37)16(2)34-44(38,43-21-12-8-10-18-9-6-7-11-19(18)21)40-14-22-24(41-17(3)36)28(4,29)23(42-22)20-13-31-26-25(30)32-15-33-35(20)26/h6-13,15-16,22-24H,5,14H2,1-4H3,(H,34,38)(H2,30,32,33). The Bertz CT molecular complexity index is 1730. The van der Waals surface area contributed by atoms with Gasteiger partial charge < -0.3 is 24.5 Å². The molecule has 234 valence electrons. The van der Waals surface area contributed by atoms with Gasteiger partial charge in [0.15, 0.2) is 23.2 Å². The van der Waals surface area contributed by atoms with E-state index in [0.717, 1.165) is 12.3 Å². The number of rotatable bonds is 11. The second-order valence-electron chi connectivity index (χ2n) is 10.3. The zero-order valence-electron chi connectivity index (χ0n) is 24.4. The molecule has 0 amide bonds. The van der Waals surface area contributed by atoms with Crippen molar-refractivity contribution in [2.24, 2.45) is 0 Å². The van der Waals surface area contributed by atoms with Crippen LogP contribution in [0.2, 0.25) is 0 Å². The first-order valence-electron chi connectivity index (χ1n) is 13.8. The lowest BCUT2D eigenvalue weighted by atomic mass is 9.93. The van der Waals surface area contributed by atoms with Crippen molar-refractivity contribution in [2.75, 3.05) is 18.9 Å². The molecule has 44 heavy (non-hydrogen) atoms. The quantitative estimate of drug-likeness (QED) is 0.181. The predicted molar refractivity (Wildman–Crippen MR) is 155 cm³/mol. The predicted octanol–water partition coefficient (Wildman–Crippen LogP) is 3.70. The van der Waals surface area contributed by atoms with Crippen LogP contribution in [0.15, 0.2) is 55.0 Å². The van der Waals surface area contributed by atoms with Gasteiger partial charge in [-0.3, -0.25) is 14.1 Å². The van der Waals surface area contributed by atoms with Gasteiger partial charge in [0, 0.05) is 12.3 Å². The Morgan fingerprint density at radius 1 is 1.23 bits per heavy atom. The number of carbonyl (C=O) groups excluding carboxylic acids is 2. The number of nitrogens with zero attached hydrogens (tertiary/aromatic N) is 4. The van der Waals surface area contributed by atoms with E-state index in [1.54, 1.807) is 31.2 Å². The summed E-state index contributed by atoms with van der Waals surface area (Å²) in [7, 11) is -4.41. The van der Waals surface area contributed by atoms with E-state index in [1.807, 2.05) is 18.2 Å². The second-order valence-corrected chi connectivity index (χ2v) is 12.0. The lowest BCUT2D eigenvalue weighted by Gasteiger charge is -2.27. The Balaban J connectivity index is 1.46. The number of halogens is 1. The molecule has 0 aliphatic carbocycles. The van der Waals surface area contributed by atoms with Crippen LogP contribution in [0.4, 0.5) is 10.2 Å². The number of esters is 2. The maximum absolute atomic E-state index is 16.5. The monoisotopic (exact) mass is 630 g/mol. The Morgan fingerprint density at radius 2 is 1.98 bits per heavy atom.